The molecule has 0 bridgehead atoms. The number of aromatic nitrogens is 3. The fourth-order valence-electron chi connectivity index (χ4n) is 1.87. The largest absolute Gasteiger partial charge is 0.336 e. The van der Waals surface area contributed by atoms with Crippen LogP contribution in [0, 0.1) is 6.92 Å². The molecular formula is C15H20N6O2S. The molecule has 8 nitrogen and oxygen atoms in total. The van der Waals surface area contributed by atoms with Crippen LogP contribution in [0.2, 0.25) is 0 Å². The average molecular weight is 348 g/mol. The maximum absolute atomic E-state index is 11.7. The highest BCUT2D eigenvalue weighted by Crippen LogP contribution is 2.21. The van der Waals surface area contributed by atoms with E-state index in [2.05, 4.69) is 20.8 Å². The molecule has 0 aliphatic carbocycles. The Morgan fingerprint density at radius 3 is 2.54 bits per heavy atom. The van der Waals surface area contributed by atoms with Crippen molar-refractivity contribution in [1.82, 2.24) is 25.5 Å². The van der Waals surface area contributed by atoms with Crippen molar-refractivity contribution in [2.24, 2.45) is 0 Å². The Labute approximate surface area is 144 Å². The minimum atomic E-state index is -0.523. The molecule has 2 aromatic rings. The number of nitrogens with two attached hydrogens (primary N) is 1. The Morgan fingerprint density at radius 2 is 1.92 bits per heavy atom. The lowest BCUT2D eigenvalue weighted by Crippen LogP contribution is -2.43. The van der Waals surface area contributed by atoms with E-state index in [0.717, 1.165) is 22.9 Å². The van der Waals surface area contributed by atoms with Crippen molar-refractivity contribution in [1.29, 1.82) is 0 Å². The number of carbonyl (C=O) groups is 2. The molecule has 0 aliphatic heterocycles. The van der Waals surface area contributed by atoms with Crippen LogP contribution >= 0.6 is 11.8 Å². The number of aryl methyl sites for hydroxylation is 1. The molecule has 0 atom stereocenters. The summed E-state index contributed by atoms with van der Waals surface area (Å²) in [4.78, 5) is 23.2. The number of hydrogen-bond donors (Lipinski definition) is 3. The van der Waals surface area contributed by atoms with Crippen molar-refractivity contribution in [3.63, 3.8) is 0 Å². The van der Waals surface area contributed by atoms with Gasteiger partial charge in [0, 0.05) is 11.6 Å². The molecule has 1 heterocycles. The lowest BCUT2D eigenvalue weighted by atomic mass is 10.1. The maximum atomic E-state index is 11.7. The summed E-state index contributed by atoms with van der Waals surface area (Å²) in [6.07, 6.45) is 0. The SMILES string of the molecule is Cc1ccc(-c2nnc(SCC(=O)NC(=O)NC(C)C)n2N)cc1. The van der Waals surface area contributed by atoms with Gasteiger partial charge in [0.05, 0.1) is 5.75 Å². The molecule has 0 unspecified atom stereocenters. The Balaban J connectivity index is 1.95. The van der Waals surface area contributed by atoms with Crippen LogP contribution in [0.3, 0.4) is 0 Å². The standard InChI is InChI=1S/C15H20N6O2S/c1-9(2)17-14(23)18-12(22)8-24-15-20-19-13(21(15)16)11-6-4-10(3)5-7-11/h4-7,9H,8,16H2,1-3H3,(H2,17,18,22,23). The second-order valence-corrected chi connectivity index (χ2v) is 6.45. The normalized spacial score (nSPS) is 10.7. The summed E-state index contributed by atoms with van der Waals surface area (Å²) in [5.74, 6) is 6.07. The second-order valence-electron chi connectivity index (χ2n) is 5.51. The van der Waals surface area contributed by atoms with Crippen LogP contribution < -0.4 is 16.5 Å². The van der Waals surface area contributed by atoms with E-state index in [-0.39, 0.29) is 11.8 Å². The highest BCUT2D eigenvalue weighted by molar-refractivity contribution is 7.99. The van der Waals surface area contributed by atoms with Gasteiger partial charge in [-0.15, -0.1) is 10.2 Å². The van der Waals surface area contributed by atoms with Crippen molar-refractivity contribution in [3.05, 3.63) is 29.8 Å². The first-order chi connectivity index (χ1) is 11.4. The summed E-state index contributed by atoms with van der Waals surface area (Å²) in [5, 5.41) is 13.2. The highest BCUT2D eigenvalue weighted by atomic mass is 32.2. The van der Waals surface area contributed by atoms with Crippen molar-refractivity contribution in [2.45, 2.75) is 32.0 Å². The van der Waals surface area contributed by atoms with Crippen LogP contribution in [-0.4, -0.2) is 38.6 Å². The van der Waals surface area contributed by atoms with E-state index in [1.165, 1.54) is 4.68 Å². The third-order valence-electron chi connectivity index (χ3n) is 2.98. The quantitative estimate of drug-likeness (QED) is 0.554. The zero-order valence-electron chi connectivity index (χ0n) is 13.7. The van der Waals surface area contributed by atoms with Gasteiger partial charge in [-0.05, 0) is 20.8 Å². The van der Waals surface area contributed by atoms with Gasteiger partial charge in [0.15, 0.2) is 5.82 Å². The van der Waals surface area contributed by atoms with Gasteiger partial charge in [-0.2, -0.15) is 0 Å². The van der Waals surface area contributed by atoms with Crippen LogP contribution in [0.25, 0.3) is 11.4 Å². The lowest BCUT2D eigenvalue weighted by molar-refractivity contribution is -0.117. The first-order valence-electron chi connectivity index (χ1n) is 7.37. The number of benzene rings is 1. The maximum Gasteiger partial charge on any atom is 0.321 e. The molecule has 0 saturated heterocycles. The molecule has 0 aliphatic rings. The number of amides is 3. The van der Waals surface area contributed by atoms with Gasteiger partial charge in [0.2, 0.25) is 11.1 Å². The third-order valence-corrected chi connectivity index (χ3v) is 3.92. The summed E-state index contributed by atoms with van der Waals surface area (Å²) in [7, 11) is 0. The monoisotopic (exact) mass is 348 g/mol. The molecule has 0 radical (unpaired) electrons. The van der Waals surface area contributed by atoms with Crippen LogP contribution in [0.5, 0.6) is 0 Å². The van der Waals surface area contributed by atoms with Crippen molar-refractivity contribution >= 4 is 23.7 Å². The summed E-state index contributed by atoms with van der Waals surface area (Å²) in [6, 6.07) is 7.15. The Bertz CT molecular complexity index is 726. The Kier molecular flexibility index (Phi) is 5.80. The van der Waals surface area contributed by atoms with E-state index in [1.807, 2.05) is 45.0 Å². The van der Waals surface area contributed by atoms with Gasteiger partial charge in [0.1, 0.15) is 0 Å². The first-order valence-corrected chi connectivity index (χ1v) is 8.36. The summed E-state index contributed by atoms with van der Waals surface area (Å²) in [6.45, 7) is 5.61. The molecule has 1 aromatic carbocycles. The van der Waals surface area contributed by atoms with Crippen molar-refractivity contribution in [2.75, 3.05) is 11.6 Å². The van der Waals surface area contributed by atoms with Crippen LogP contribution in [0.1, 0.15) is 19.4 Å². The van der Waals surface area contributed by atoms with Crippen LogP contribution in [0.4, 0.5) is 4.79 Å². The number of rotatable bonds is 5. The van der Waals surface area contributed by atoms with Gasteiger partial charge in [-0.3, -0.25) is 10.1 Å². The van der Waals surface area contributed by atoms with Crippen molar-refractivity contribution in [3.8, 4) is 11.4 Å². The summed E-state index contributed by atoms with van der Waals surface area (Å²) in [5.41, 5.74) is 1.97. The van der Waals surface area contributed by atoms with E-state index < -0.39 is 11.9 Å². The topological polar surface area (TPSA) is 115 Å². The number of nitrogen functional groups attached to an aromatic ring is 1. The predicted octanol–water partition coefficient (Wildman–Crippen LogP) is 1.29. The lowest BCUT2D eigenvalue weighted by Gasteiger charge is -2.08. The van der Waals surface area contributed by atoms with Gasteiger partial charge < -0.3 is 11.2 Å². The summed E-state index contributed by atoms with van der Waals surface area (Å²) < 4.78 is 1.33. The smallest absolute Gasteiger partial charge is 0.321 e. The molecule has 9 heteroatoms. The van der Waals surface area contributed by atoms with Gasteiger partial charge in [0.25, 0.3) is 0 Å². The molecule has 4 N–H and O–H groups in total. The number of thioether (sulfide) groups is 1. The highest BCUT2D eigenvalue weighted by Gasteiger charge is 2.15. The van der Waals surface area contributed by atoms with E-state index in [4.69, 9.17) is 5.84 Å². The fraction of sp³-hybridized carbons (Fsp3) is 0.333. The number of carbonyl (C=O) groups excluding carboxylic acids is 2. The average Bonchev–Trinajstić information content (AvgIpc) is 2.86. The number of hydrogen-bond acceptors (Lipinski definition) is 6. The second kappa shape index (κ2) is 7.82. The van der Waals surface area contributed by atoms with Crippen molar-refractivity contribution < 1.29 is 9.59 Å². The van der Waals surface area contributed by atoms with Gasteiger partial charge in [-0.1, -0.05) is 41.6 Å². The number of urea groups is 1. The molecular weight excluding hydrogens is 328 g/mol. The number of nitrogens with one attached hydrogen (secondary N) is 2. The zero-order valence-corrected chi connectivity index (χ0v) is 14.6. The molecule has 0 fully saturated rings. The van der Waals surface area contributed by atoms with Gasteiger partial charge >= 0.3 is 6.03 Å². The number of nitrogens with zero attached hydrogens (tertiary/aromatic N) is 3. The van der Waals surface area contributed by atoms with E-state index >= 15 is 0 Å². The Hall–Kier alpha value is -2.55. The predicted molar refractivity (Wildman–Crippen MR) is 92.9 cm³/mol. The molecule has 0 saturated carbocycles. The molecule has 3 amide bonds. The molecule has 128 valence electrons. The van der Waals surface area contributed by atoms with Crippen LogP contribution in [0.15, 0.2) is 29.4 Å². The fourth-order valence-corrected chi connectivity index (χ4v) is 2.52. The number of imide groups is 1. The summed E-state index contributed by atoms with van der Waals surface area (Å²) >= 11 is 1.11. The minimum Gasteiger partial charge on any atom is -0.336 e. The van der Waals surface area contributed by atoms with E-state index in [0.29, 0.717) is 11.0 Å². The van der Waals surface area contributed by atoms with E-state index in [9.17, 15) is 9.59 Å². The minimum absolute atomic E-state index is 0.00868. The first kappa shape index (κ1) is 17.8. The van der Waals surface area contributed by atoms with Crippen LogP contribution in [-0.2, 0) is 4.79 Å². The molecule has 24 heavy (non-hydrogen) atoms. The molecule has 1 aromatic heterocycles. The Morgan fingerprint density at radius 1 is 1.25 bits per heavy atom. The molecule has 2 rings (SSSR count). The van der Waals surface area contributed by atoms with Gasteiger partial charge in [-0.25, -0.2) is 9.47 Å². The molecule has 0 spiro atoms. The van der Waals surface area contributed by atoms with E-state index in [1.54, 1.807) is 0 Å². The zero-order chi connectivity index (χ0) is 17.7. The third kappa shape index (κ3) is 4.72.